The van der Waals surface area contributed by atoms with E-state index in [-0.39, 0.29) is 11.6 Å². The van der Waals surface area contributed by atoms with Crippen LogP contribution in [0.2, 0.25) is 0 Å². The van der Waals surface area contributed by atoms with Crippen molar-refractivity contribution in [3.63, 3.8) is 0 Å². The lowest BCUT2D eigenvalue weighted by Gasteiger charge is -2.04. The van der Waals surface area contributed by atoms with Crippen LogP contribution in [0.4, 0.5) is 8.78 Å². The van der Waals surface area contributed by atoms with E-state index < -0.39 is 0 Å². The molecule has 0 atom stereocenters. The topological polar surface area (TPSA) is 0 Å². The van der Waals surface area contributed by atoms with Gasteiger partial charge >= 0.3 is 0 Å². The van der Waals surface area contributed by atoms with Crippen LogP contribution >= 0.6 is 0 Å². The van der Waals surface area contributed by atoms with Gasteiger partial charge < -0.3 is 0 Å². The zero-order valence-corrected chi connectivity index (χ0v) is 9.53. The van der Waals surface area contributed by atoms with Gasteiger partial charge in [-0.3, -0.25) is 0 Å². The molecule has 88 valence electrons. The van der Waals surface area contributed by atoms with E-state index in [0.717, 1.165) is 21.9 Å². The average molecular weight is 240 g/mol. The Balaban J connectivity index is 2.13. The molecule has 0 amide bonds. The summed E-state index contributed by atoms with van der Waals surface area (Å²) >= 11 is 0. The van der Waals surface area contributed by atoms with Crippen molar-refractivity contribution in [1.82, 2.24) is 0 Å². The Morgan fingerprint density at radius 3 is 1.83 bits per heavy atom. The molecule has 0 nitrogen and oxygen atoms in total. The maximum Gasteiger partial charge on any atom is 0.123 e. The van der Waals surface area contributed by atoms with Crippen LogP contribution < -0.4 is 0 Å². The molecule has 18 heavy (non-hydrogen) atoms. The van der Waals surface area contributed by atoms with Gasteiger partial charge in [0.15, 0.2) is 0 Å². The molecule has 0 aliphatic heterocycles. The zero-order valence-electron chi connectivity index (χ0n) is 9.53. The molecule has 0 spiro atoms. The predicted octanol–water partition coefficient (Wildman–Crippen LogP) is 4.79. The molecule has 0 fully saturated rings. The zero-order chi connectivity index (χ0) is 12.5. The monoisotopic (exact) mass is 240 g/mol. The Morgan fingerprint density at radius 1 is 0.500 bits per heavy atom. The summed E-state index contributed by atoms with van der Waals surface area (Å²) in [6.07, 6.45) is 0. The highest BCUT2D eigenvalue weighted by atomic mass is 19.1. The lowest BCUT2D eigenvalue weighted by atomic mass is 10.0. The summed E-state index contributed by atoms with van der Waals surface area (Å²) in [4.78, 5) is 0. The van der Waals surface area contributed by atoms with Crippen LogP contribution in [0.5, 0.6) is 0 Å². The maximum atomic E-state index is 13.1. The van der Waals surface area contributed by atoms with Gasteiger partial charge in [0.1, 0.15) is 11.6 Å². The molecule has 0 N–H and O–H groups in total. The van der Waals surface area contributed by atoms with Crippen LogP contribution in [0.3, 0.4) is 0 Å². The number of rotatable bonds is 1. The summed E-state index contributed by atoms with van der Waals surface area (Å²) in [5.74, 6) is -0.487. The van der Waals surface area contributed by atoms with E-state index in [1.165, 1.54) is 24.3 Å². The molecular weight excluding hydrogens is 230 g/mol. The SMILES string of the molecule is Fc1ccc(-c2ccc3cc(F)ccc3c2)cc1. The molecule has 0 unspecified atom stereocenters. The van der Waals surface area contributed by atoms with E-state index in [1.807, 2.05) is 18.2 Å². The molecule has 0 aliphatic carbocycles. The molecule has 0 saturated carbocycles. The second-order valence-electron chi connectivity index (χ2n) is 4.21. The molecule has 0 radical (unpaired) electrons. The van der Waals surface area contributed by atoms with Gasteiger partial charge in [0.05, 0.1) is 0 Å². The minimum absolute atomic E-state index is 0.239. The van der Waals surface area contributed by atoms with Crippen LogP contribution in [0.1, 0.15) is 0 Å². The van der Waals surface area contributed by atoms with E-state index in [1.54, 1.807) is 18.2 Å². The van der Waals surface area contributed by atoms with E-state index >= 15 is 0 Å². The Hall–Kier alpha value is -2.22. The van der Waals surface area contributed by atoms with E-state index in [4.69, 9.17) is 0 Å². The third kappa shape index (κ3) is 1.97. The first kappa shape index (κ1) is 10.9. The fourth-order valence-corrected chi connectivity index (χ4v) is 2.04. The fourth-order valence-electron chi connectivity index (χ4n) is 2.04. The Kier molecular flexibility index (Phi) is 2.56. The Labute approximate surface area is 104 Å². The summed E-state index contributed by atoms with van der Waals surface area (Å²) in [5.41, 5.74) is 1.94. The highest BCUT2D eigenvalue weighted by Crippen LogP contribution is 2.25. The first-order valence-corrected chi connectivity index (χ1v) is 5.68. The Morgan fingerprint density at radius 2 is 1.06 bits per heavy atom. The summed E-state index contributed by atoms with van der Waals surface area (Å²) in [7, 11) is 0. The number of hydrogen-bond acceptors (Lipinski definition) is 0. The van der Waals surface area contributed by atoms with Crippen molar-refractivity contribution in [1.29, 1.82) is 0 Å². The van der Waals surface area contributed by atoms with Crippen molar-refractivity contribution in [2.75, 3.05) is 0 Å². The lowest BCUT2D eigenvalue weighted by Crippen LogP contribution is -1.81. The van der Waals surface area contributed by atoms with Crippen molar-refractivity contribution in [2.45, 2.75) is 0 Å². The molecule has 0 aliphatic rings. The summed E-state index contributed by atoms with van der Waals surface area (Å²) < 4.78 is 25.9. The van der Waals surface area contributed by atoms with Crippen LogP contribution in [-0.2, 0) is 0 Å². The third-order valence-electron chi connectivity index (χ3n) is 2.98. The van der Waals surface area contributed by atoms with E-state index in [0.29, 0.717) is 0 Å². The van der Waals surface area contributed by atoms with Crippen molar-refractivity contribution in [3.8, 4) is 11.1 Å². The minimum Gasteiger partial charge on any atom is -0.207 e. The second kappa shape index (κ2) is 4.22. The van der Waals surface area contributed by atoms with E-state index in [9.17, 15) is 8.78 Å². The smallest absolute Gasteiger partial charge is 0.123 e. The first-order chi connectivity index (χ1) is 8.72. The number of halogens is 2. The highest BCUT2D eigenvalue weighted by molar-refractivity contribution is 5.87. The van der Waals surface area contributed by atoms with Gasteiger partial charge in [0.2, 0.25) is 0 Å². The number of benzene rings is 3. The molecule has 3 aromatic carbocycles. The fraction of sp³-hybridized carbons (Fsp3) is 0. The molecule has 0 heterocycles. The standard InChI is InChI=1S/C16H10F2/c17-15-6-3-11(4-7-15)12-1-2-14-10-16(18)8-5-13(14)9-12/h1-10H. The average Bonchev–Trinajstić information content (AvgIpc) is 2.39. The summed E-state index contributed by atoms with van der Waals surface area (Å²) in [5, 5.41) is 1.83. The third-order valence-corrected chi connectivity index (χ3v) is 2.98. The molecule has 0 aromatic heterocycles. The summed E-state index contributed by atoms with van der Waals surface area (Å²) in [6.45, 7) is 0. The van der Waals surface area contributed by atoms with Gasteiger partial charge in [-0.1, -0.05) is 30.3 Å². The van der Waals surface area contributed by atoms with Crippen LogP contribution in [0.25, 0.3) is 21.9 Å². The molecule has 2 heteroatoms. The van der Waals surface area contributed by atoms with Crippen molar-refractivity contribution in [2.24, 2.45) is 0 Å². The van der Waals surface area contributed by atoms with Crippen molar-refractivity contribution < 1.29 is 8.78 Å². The van der Waals surface area contributed by atoms with Crippen LogP contribution in [-0.4, -0.2) is 0 Å². The largest absolute Gasteiger partial charge is 0.207 e. The Bertz CT molecular complexity index is 700. The predicted molar refractivity (Wildman–Crippen MR) is 69.3 cm³/mol. The molecule has 0 bridgehead atoms. The maximum absolute atomic E-state index is 13.1. The van der Waals surface area contributed by atoms with Gasteiger partial charge in [0, 0.05) is 0 Å². The number of fused-ring (bicyclic) bond motifs is 1. The van der Waals surface area contributed by atoms with Crippen LogP contribution in [0, 0.1) is 11.6 Å². The van der Waals surface area contributed by atoms with Gasteiger partial charge in [-0.2, -0.15) is 0 Å². The normalized spacial score (nSPS) is 10.8. The molecule has 0 saturated heterocycles. The quantitative estimate of drug-likeness (QED) is 0.574. The van der Waals surface area contributed by atoms with E-state index in [2.05, 4.69) is 0 Å². The molecule has 3 rings (SSSR count). The first-order valence-electron chi connectivity index (χ1n) is 5.68. The van der Waals surface area contributed by atoms with Gasteiger partial charge in [0.25, 0.3) is 0 Å². The summed E-state index contributed by atoms with van der Waals surface area (Å²) in [6, 6.07) is 16.8. The molecule has 3 aromatic rings. The van der Waals surface area contributed by atoms with Gasteiger partial charge in [-0.05, 0) is 52.2 Å². The molecular formula is C16H10F2. The number of hydrogen-bond donors (Lipinski definition) is 0. The highest BCUT2D eigenvalue weighted by Gasteiger charge is 2.01. The van der Waals surface area contributed by atoms with Gasteiger partial charge in [-0.25, -0.2) is 8.78 Å². The van der Waals surface area contributed by atoms with Gasteiger partial charge in [-0.15, -0.1) is 0 Å². The van der Waals surface area contributed by atoms with Crippen LogP contribution in [0.15, 0.2) is 60.7 Å². The minimum atomic E-state index is -0.249. The van der Waals surface area contributed by atoms with Crippen molar-refractivity contribution >= 4 is 10.8 Å². The van der Waals surface area contributed by atoms with Crippen molar-refractivity contribution in [3.05, 3.63) is 72.3 Å². The second-order valence-corrected chi connectivity index (χ2v) is 4.21. The lowest BCUT2D eigenvalue weighted by molar-refractivity contribution is 0.628.